The van der Waals surface area contributed by atoms with Crippen LogP contribution in [0.3, 0.4) is 0 Å². The van der Waals surface area contributed by atoms with Crippen molar-refractivity contribution in [3.05, 3.63) is 47.5 Å². The number of carboxylic acids is 1. The average molecular weight is 219 g/mol. The summed E-state index contributed by atoms with van der Waals surface area (Å²) < 4.78 is 0. The molecule has 0 heterocycles. The second kappa shape index (κ2) is 6.80. The first-order valence-electron chi connectivity index (χ1n) is 5.34. The number of aliphatic carboxylic acids is 1. The zero-order valence-electron chi connectivity index (χ0n) is 9.44. The molecule has 1 rings (SSSR count). The van der Waals surface area contributed by atoms with Gasteiger partial charge in [0.1, 0.15) is 0 Å². The monoisotopic (exact) mass is 219 g/mol. The van der Waals surface area contributed by atoms with Crippen LogP contribution in [-0.4, -0.2) is 24.2 Å². The molecule has 0 unspecified atom stereocenters. The van der Waals surface area contributed by atoms with E-state index in [1.807, 2.05) is 0 Å². The Morgan fingerprint density at radius 3 is 2.69 bits per heavy atom. The molecule has 0 bridgehead atoms. The van der Waals surface area contributed by atoms with Gasteiger partial charge in [-0.15, -0.1) is 0 Å². The first-order valence-corrected chi connectivity index (χ1v) is 5.34. The molecule has 2 N–H and O–H groups in total. The van der Waals surface area contributed by atoms with Crippen molar-refractivity contribution in [1.29, 1.82) is 0 Å². The average Bonchev–Trinajstić information content (AvgIpc) is 2.25. The van der Waals surface area contributed by atoms with E-state index in [2.05, 4.69) is 36.5 Å². The molecule has 0 fully saturated rings. The van der Waals surface area contributed by atoms with Crippen LogP contribution >= 0.6 is 0 Å². The quantitative estimate of drug-likeness (QED) is 0.566. The molecule has 0 amide bonds. The summed E-state index contributed by atoms with van der Waals surface area (Å²) in [6, 6.07) is 8.42. The molecule has 1 aromatic carbocycles. The van der Waals surface area contributed by atoms with Crippen molar-refractivity contribution in [3.8, 4) is 0 Å². The highest BCUT2D eigenvalue weighted by atomic mass is 16.4. The summed E-state index contributed by atoms with van der Waals surface area (Å²) in [5.41, 5.74) is 2.56. The highest BCUT2D eigenvalue weighted by molar-refractivity contribution is 5.79. The van der Waals surface area contributed by atoms with Gasteiger partial charge in [-0.1, -0.05) is 35.9 Å². The van der Waals surface area contributed by atoms with E-state index in [4.69, 9.17) is 5.11 Å². The molecule has 0 atom stereocenters. The molecule has 16 heavy (non-hydrogen) atoms. The van der Waals surface area contributed by atoms with E-state index in [1.165, 1.54) is 11.1 Å². The Morgan fingerprint density at radius 1 is 1.38 bits per heavy atom. The van der Waals surface area contributed by atoms with E-state index in [0.29, 0.717) is 6.54 Å². The zero-order chi connectivity index (χ0) is 11.8. The summed E-state index contributed by atoms with van der Waals surface area (Å²) in [6.07, 6.45) is 3.72. The zero-order valence-corrected chi connectivity index (χ0v) is 9.44. The van der Waals surface area contributed by atoms with Crippen LogP contribution in [0.1, 0.15) is 11.1 Å². The van der Waals surface area contributed by atoms with Gasteiger partial charge in [-0.3, -0.25) is 0 Å². The van der Waals surface area contributed by atoms with E-state index in [0.717, 1.165) is 19.0 Å². The maximum absolute atomic E-state index is 10.2. The topological polar surface area (TPSA) is 49.3 Å². The van der Waals surface area contributed by atoms with Crippen LogP contribution in [0.25, 0.3) is 0 Å². The summed E-state index contributed by atoms with van der Waals surface area (Å²) in [4.78, 5) is 10.2. The van der Waals surface area contributed by atoms with E-state index in [1.54, 1.807) is 6.08 Å². The third kappa shape index (κ3) is 5.32. The minimum absolute atomic E-state index is 0.595. The smallest absolute Gasteiger partial charge is 0.328 e. The fraction of sp³-hybridized carbons (Fsp3) is 0.308. The van der Waals surface area contributed by atoms with E-state index in [-0.39, 0.29) is 0 Å². The van der Waals surface area contributed by atoms with Crippen LogP contribution in [0.15, 0.2) is 36.4 Å². The van der Waals surface area contributed by atoms with Crippen LogP contribution in [0.2, 0.25) is 0 Å². The Kier molecular flexibility index (Phi) is 5.29. The predicted octanol–water partition coefficient (Wildman–Crippen LogP) is 1.77. The number of hydrogen-bond acceptors (Lipinski definition) is 2. The van der Waals surface area contributed by atoms with Gasteiger partial charge in [-0.2, -0.15) is 0 Å². The summed E-state index contributed by atoms with van der Waals surface area (Å²) in [5, 5.41) is 11.5. The van der Waals surface area contributed by atoms with Crippen molar-refractivity contribution in [2.75, 3.05) is 13.1 Å². The summed E-state index contributed by atoms with van der Waals surface area (Å²) in [5.74, 6) is -0.902. The first-order chi connectivity index (χ1) is 7.68. The van der Waals surface area contributed by atoms with E-state index in [9.17, 15) is 4.79 Å². The van der Waals surface area contributed by atoms with Gasteiger partial charge in [0, 0.05) is 12.6 Å². The van der Waals surface area contributed by atoms with Crippen LogP contribution in [0.5, 0.6) is 0 Å². The SMILES string of the molecule is Cc1ccc(CCNC/C=C/C(=O)O)cc1. The Bertz CT molecular complexity index is 355. The number of rotatable bonds is 6. The van der Waals surface area contributed by atoms with Gasteiger partial charge in [0.25, 0.3) is 0 Å². The summed E-state index contributed by atoms with van der Waals surface area (Å²) in [7, 11) is 0. The van der Waals surface area contributed by atoms with Crippen molar-refractivity contribution in [3.63, 3.8) is 0 Å². The number of nitrogens with one attached hydrogen (secondary N) is 1. The van der Waals surface area contributed by atoms with Crippen molar-refractivity contribution >= 4 is 5.97 Å². The van der Waals surface area contributed by atoms with Gasteiger partial charge in [-0.25, -0.2) is 4.79 Å². The van der Waals surface area contributed by atoms with Gasteiger partial charge in [0.05, 0.1) is 0 Å². The fourth-order valence-corrected chi connectivity index (χ4v) is 1.33. The van der Waals surface area contributed by atoms with Crippen LogP contribution in [-0.2, 0) is 11.2 Å². The molecule has 3 heteroatoms. The molecule has 86 valence electrons. The molecule has 0 aliphatic rings. The van der Waals surface area contributed by atoms with Gasteiger partial charge in [-0.05, 0) is 25.5 Å². The number of carboxylic acid groups (broad SMARTS) is 1. The van der Waals surface area contributed by atoms with E-state index < -0.39 is 5.97 Å². The molecule has 3 nitrogen and oxygen atoms in total. The lowest BCUT2D eigenvalue weighted by molar-refractivity contribution is -0.131. The number of aryl methyl sites for hydroxylation is 1. The van der Waals surface area contributed by atoms with Crippen molar-refractivity contribution in [2.24, 2.45) is 0 Å². The fourth-order valence-electron chi connectivity index (χ4n) is 1.33. The predicted molar refractivity (Wildman–Crippen MR) is 64.5 cm³/mol. The highest BCUT2D eigenvalue weighted by Gasteiger charge is 1.92. The molecule has 0 radical (unpaired) electrons. The van der Waals surface area contributed by atoms with Gasteiger partial charge in [0.15, 0.2) is 0 Å². The van der Waals surface area contributed by atoms with Gasteiger partial charge < -0.3 is 10.4 Å². The largest absolute Gasteiger partial charge is 0.478 e. The molecule has 1 aromatic rings. The van der Waals surface area contributed by atoms with Crippen molar-refractivity contribution in [2.45, 2.75) is 13.3 Å². The van der Waals surface area contributed by atoms with Crippen LogP contribution < -0.4 is 5.32 Å². The third-order valence-electron chi connectivity index (χ3n) is 2.23. The molecular weight excluding hydrogens is 202 g/mol. The maximum atomic E-state index is 10.2. The molecule has 0 saturated heterocycles. The molecular formula is C13H17NO2. The lowest BCUT2D eigenvalue weighted by Gasteiger charge is -2.02. The Labute approximate surface area is 95.8 Å². The lowest BCUT2D eigenvalue weighted by atomic mass is 10.1. The van der Waals surface area contributed by atoms with Crippen LogP contribution in [0, 0.1) is 6.92 Å². The molecule has 0 saturated carbocycles. The highest BCUT2D eigenvalue weighted by Crippen LogP contribution is 2.02. The second-order valence-electron chi connectivity index (χ2n) is 3.68. The first kappa shape index (κ1) is 12.5. The maximum Gasteiger partial charge on any atom is 0.328 e. The Morgan fingerprint density at radius 2 is 2.06 bits per heavy atom. The molecule has 0 aliphatic heterocycles. The lowest BCUT2D eigenvalue weighted by Crippen LogP contribution is -2.17. The third-order valence-corrected chi connectivity index (χ3v) is 2.23. The van der Waals surface area contributed by atoms with Gasteiger partial charge >= 0.3 is 5.97 Å². The number of benzene rings is 1. The number of carbonyl (C=O) groups is 1. The summed E-state index contributed by atoms with van der Waals surface area (Å²) in [6.45, 7) is 3.52. The number of hydrogen-bond donors (Lipinski definition) is 2. The normalized spacial score (nSPS) is 10.8. The second-order valence-corrected chi connectivity index (χ2v) is 3.68. The minimum Gasteiger partial charge on any atom is -0.478 e. The van der Waals surface area contributed by atoms with Crippen LogP contribution in [0.4, 0.5) is 0 Å². The molecule has 0 aliphatic carbocycles. The summed E-state index contributed by atoms with van der Waals surface area (Å²) >= 11 is 0. The standard InChI is InChI=1S/C13H17NO2/c1-11-4-6-12(7-5-11)8-10-14-9-2-3-13(15)16/h2-7,14H,8-10H2,1H3,(H,15,16)/b3-2+. The van der Waals surface area contributed by atoms with Crippen molar-refractivity contribution < 1.29 is 9.90 Å². The van der Waals surface area contributed by atoms with Crippen molar-refractivity contribution in [1.82, 2.24) is 5.32 Å². The molecule has 0 aromatic heterocycles. The Balaban J connectivity index is 2.16. The molecule has 0 spiro atoms. The van der Waals surface area contributed by atoms with E-state index >= 15 is 0 Å². The minimum atomic E-state index is -0.902. The van der Waals surface area contributed by atoms with Gasteiger partial charge in [0.2, 0.25) is 0 Å². The Hall–Kier alpha value is -1.61.